The van der Waals surface area contributed by atoms with Crippen LogP contribution in [0.25, 0.3) is 0 Å². The van der Waals surface area contributed by atoms with E-state index in [1.165, 1.54) is 17.7 Å². The summed E-state index contributed by atoms with van der Waals surface area (Å²) in [5.74, 6) is 1.50. The van der Waals surface area contributed by atoms with Crippen molar-refractivity contribution in [3.63, 3.8) is 0 Å². The smallest absolute Gasteiger partial charge is 0.0513 e. The van der Waals surface area contributed by atoms with Gasteiger partial charge in [-0.25, -0.2) is 0 Å². The van der Waals surface area contributed by atoms with Crippen LogP contribution in [-0.2, 0) is 0 Å². The van der Waals surface area contributed by atoms with Gasteiger partial charge in [-0.2, -0.15) is 0 Å². The summed E-state index contributed by atoms with van der Waals surface area (Å²) in [6.07, 6.45) is 1.33. The third-order valence-corrected chi connectivity index (χ3v) is 5.04. The lowest BCUT2D eigenvalue weighted by molar-refractivity contribution is 0.297. The second-order valence-corrected chi connectivity index (χ2v) is 7.06. The number of piperidine rings is 1. The van der Waals surface area contributed by atoms with Gasteiger partial charge in [0.15, 0.2) is 0 Å². The zero-order valence-corrected chi connectivity index (χ0v) is 13.9. The van der Waals surface area contributed by atoms with Crippen molar-refractivity contribution in [3.8, 4) is 0 Å². The number of benzene rings is 1. The van der Waals surface area contributed by atoms with Crippen LogP contribution in [0.1, 0.15) is 45.7 Å². The molecule has 0 radical (unpaired) electrons. The van der Waals surface area contributed by atoms with Crippen LogP contribution in [0.3, 0.4) is 0 Å². The highest BCUT2D eigenvalue weighted by molar-refractivity contribution is 9.10. The van der Waals surface area contributed by atoms with Gasteiger partial charge in [0.25, 0.3) is 0 Å². The summed E-state index contributed by atoms with van der Waals surface area (Å²) in [6.45, 7) is 10.2. The Kier molecular flexibility index (Phi) is 4.57. The van der Waals surface area contributed by atoms with Gasteiger partial charge in [0.1, 0.15) is 0 Å². The first-order valence-electron chi connectivity index (χ1n) is 7.21. The maximum atomic E-state index is 5.95. The highest BCUT2D eigenvalue weighted by Gasteiger charge is 2.29. The number of nitrogens with two attached hydrogens (primary N) is 1. The number of anilines is 1. The Morgan fingerprint density at radius 1 is 1.32 bits per heavy atom. The Bertz CT molecular complexity index is 444. The summed E-state index contributed by atoms with van der Waals surface area (Å²) in [5, 5.41) is 0. The van der Waals surface area contributed by atoms with Crippen molar-refractivity contribution in [2.45, 2.75) is 46.2 Å². The van der Waals surface area contributed by atoms with Crippen molar-refractivity contribution in [2.75, 3.05) is 11.4 Å². The van der Waals surface area contributed by atoms with Crippen molar-refractivity contribution in [3.05, 3.63) is 28.2 Å². The van der Waals surface area contributed by atoms with E-state index in [-0.39, 0.29) is 6.04 Å². The molecule has 2 nitrogen and oxygen atoms in total. The van der Waals surface area contributed by atoms with Gasteiger partial charge in [0, 0.05) is 23.1 Å². The van der Waals surface area contributed by atoms with E-state index in [9.17, 15) is 0 Å². The molecule has 1 aliphatic rings. The molecule has 2 rings (SSSR count). The Morgan fingerprint density at radius 2 is 2.00 bits per heavy atom. The second kappa shape index (κ2) is 5.84. The van der Waals surface area contributed by atoms with Crippen LogP contribution in [0.5, 0.6) is 0 Å². The minimum atomic E-state index is 0.0852. The van der Waals surface area contributed by atoms with E-state index >= 15 is 0 Å². The lowest BCUT2D eigenvalue weighted by Gasteiger charge is -2.43. The first-order chi connectivity index (χ1) is 8.90. The molecule has 0 aliphatic carbocycles. The maximum absolute atomic E-state index is 5.95. The van der Waals surface area contributed by atoms with Crippen LogP contribution in [0.4, 0.5) is 5.69 Å². The SMILES string of the molecule is CC1CC(C)C(C)N(c2ccc([C@@H](C)N)cc2Br)C1. The molecular weight excluding hydrogens is 300 g/mol. The number of nitrogens with zero attached hydrogens (tertiary/aromatic N) is 1. The Morgan fingerprint density at radius 3 is 2.58 bits per heavy atom. The summed E-state index contributed by atoms with van der Waals surface area (Å²) in [4.78, 5) is 2.54. The standard InChI is InChI=1S/C16H25BrN2/c1-10-7-11(2)13(4)19(9-10)16-6-5-14(12(3)18)8-15(16)17/h5-6,8,10-13H,7,9,18H2,1-4H3/t10?,11?,12-,13?/m1/s1. The molecule has 1 heterocycles. The third-order valence-electron chi connectivity index (χ3n) is 4.40. The zero-order chi connectivity index (χ0) is 14.2. The predicted molar refractivity (Wildman–Crippen MR) is 86.5 cm³/mol. The van der Waals surface area contributed by atoms with Gasteiger partial charge in [-0.3, -0.25) is 0 Å². The summed E-state index contributed by atoms with van der Waals surface area (Å²) < 4.78 is 1.16. The molecular formula is C16H25BrN2. The quantitative estimate of drug-likeness (QED) is 0.876. The molecule has 0 aromatic heterocycles. The van der Waals surface area contributed by atoms with Gasteiger partial charge in [-0.1, -0.05) is 19.9 Å². The highest BCUT2D eigenvalue weighted by Crippen LogP contribution is 2.36. The molecule has 0 bridgehead atoms. The van der Waals surface area contributed by atoms with E-state index in [4.69, 9.17) is 5.73 Å². The summed E-state index contributed by atoms with van der Waals surface area (Å²) in [6, 6.07) is 7.21. The number of hydrogen-bond donors (Lipinski definition) is 1. The van der Waals surface area contributed by atoms with Crippen LogP contribution in [0, 0.1) is 11.8 Å². The van der Waals surface area contributed by atoms with Crippen LogP contribution < -0.4 is 10.6 Å². The van der Waals surface area contributed by atoms with Gasteiger partial charge in [0.05, 0.1) is 5.69 Å². The Hall–Kier alpha value is -0.540. The third kappa shape index (κ3) is 3.14. The Labute approximate surface area is 125 Å². The molecule has 1 aromatic carbocycles. The summed E-state index contributed by atoms with van der Waals surface area (Å²) in [7, 11) is 0. The highest BCUT2D eigenvalue weighted by atomic mass is 79.9. The minimum Gasteiger partial charge on any atom is -0.367 e. The van der Waals surface area contributed by atoms with Crippen molar-refractivity contribution < 1.29 is 0 Å². The van der Waals surface area contributed by atoms with Gasteiger partial charge >= 0.3 is 0 Å². The van der Waals surface area contributed by atoms with Crippen molar-refractivity contribution in [2.24, 2.45) is 17.6 Å². The average Bonchev–Trinajstić information content (AvgIpc) is 2.33. The van der Waals surface area contributed by atoms with E-state index in [1.54, 1.807) is 0 Å². The normalized spacial score (nSPS) is 29.4. The number of rotatable bonds is 2. The van der Waals surface area contributed by atoms with Crippen molar-refractivity contribution >= 4 is 21.6 Å². The van der Waals surface area contributed by atoms with Crippen molar-refractivity contribution in [1.29, 1.82) is 0 Å². The fraction of sp³-hybridized carbons (Fsp3) is 0.625. The molecule has 3 heteroatoms. The molecule has 1 aromatic rings. The van der Waals surface area contributed by atoms with E-state index < -0.39 is 0 Å². The van der Waals surface area contributed by atoms with Gasteiger partial charge in [-0.05, 0) is 65.7 Å². The van der Waals surface area contributed by atoms with Crippen LogP contribution in [-0.4, -0.2) is 12.6 Å². The lowest BCUT2D eigenvalue weighted by Crippen LogP contribution is -2.46. The van der Waals surface area contributed by atoms with Gasteiger partial charge in [-0.15, -0.1) is 0 Å². The maximum Gasteiger partial charge on any atom is 0.0513 e. The fourth-order valence-electron chi connectivity index (χ4n) is 3.07. The van der Waals surface area contributed by atoms with Crippen LogP contribution in [0.2, 0.25) is 0 Å². The zero-order valence-electron chi connectivity index (χ0n) is 12.4. The van der Waals surface area contributed by atoms with Gasteiger partial charge in [0.2, 0.25) is 0 Å². The van der Waals surface area contributed by atoms with E-state index in [0.29, 0.717) is 6.04 Å². The largest absolute Gasteiger partial charge is 0.367 e. The number of hydrogen-bond acceptors (Lipinski definition) is 2. The van der Waals surface area contributed by atoms with Crippen molar-refractivity contribution in [1.82, 2.24) is 0 Å². The topological polar surface area (TPSA) is 29.3 Å². The molecule has 0 spiro atoms. The number of halogens is 1. The fourth-order valence-corrected chi connectivity index (χ4v) is 3.70. The molecule has 1 aliphatic heterocycles. The average molecular weight is 325 g/mol. The summed E-state index contributed by atoms with van der Waals surface area (Å²) >= 11 is 3.72. The molecule has 106 valence electrons. The van der Waals surface area contributed by atoms with Gasteiger partial charge < -0.3 is 10.6 Å². The molecule has 0 amide bonds. The van der Waals surface area contributed by atoms with E-state index in [0.717, 1.165) is 22.9 Å². The lowest BCUT2D eigenvalue weighted by atomic mass is 9.85. The van der Waals surface area contributed by atoms with E-state index in [2.05, 4.69) is 59.8 Å². The molecule has 2 N–H and O–H groups in total. The van der Waals surface area contributed by atoms with Crippen LogP contribution in [0.15, 0.2) is 22.7 Å². The first-order valence-corrected chi connectivity index (χ1v) is 8.01. The molecule has 1 fully saturated rings. The molecule has 0 saturated carbocycles. The molecule has 3 unspecified atom stereocenters. The monoisotopic (exact) mass is 324 g/mol. The first kappa shape index (κ1) is 14.9. The molecule has 1 saturated heterocycles. The van der Waals surface area contributed by atoms with E-state index in [1.807, 2.05) is 6.92 Å². The molecule has 4 atom stereocenters. The second-order valence-electron chi connectivity index (χ2n) is 6.21. The Balaban J connectivity index is 2.30. The summed E-state index contributed by atoms with van der Waals surface area (Å²) in [5.41, 5.74) is 8.43. The van der Waals surface area contributed by atoms with Crippen LogP contribution >= 0.6 is 15.9 Å². The minimum absolute atomic E-state index is 0.0852. The predicted octanol–water partition coefficient (Wildman–Crippen LogP) is 4.34. The molecule has 19 heavy (non-hydrogen) atoms.